The molecular formula is C14H17BrF3NO3. The SMILES string of the molecule is CCOC(=O)C([C@H](C)CC)n1cc(Br)c(C(F)(F)F)cc1=O. The summed E-state index contributed by atoms with van der Waals surface area (Å²) in [5, 5.41) is 0. The van der Waals surface area contributed by atoms with Crippen LogP contribution in [0.4, 0.5) is 13.2 Å². The lowest BCUT2D eigenvalue weighted by atomic mass is 9.98. The van der Waals surface area contributed by atoms with Gasteiger partial charge in [0.05, 0.1) is 12.2 Å². The van der Waals surface area contributed by atoms with Gasteiger partial charge in [0.2, 0.25) is 0 Å². The van der Waals surface area contributed by atoms with Crippen molar-refractivity contribution in [3.05, 3.63) is 32.7 Å². The number of ether oxygens (including phenoxy) is 1. The Labute approximate surface area is 134 Å². The molecule has 0 spiro atoms. The van der Waals surface area contributed by atoms with E-state index in [0.717, 1.165) is 10.8 Å². The first-order valence-electron chi connectivity index (χ1n) is 6.78. The molecule has 0 radical (unpaired) electrons. The molecule has 0 saturated carbocycles. The molecule has 2 atom stereocenters. The maximum atomic E-state index is 12.8. The van der Waals surface area contributed by atoms with Gasteiger partial charge >= 0.3 is 12.1 Å². The third kappa shape index (κ3) is 4.12. The van der Waals surface area contributed by atoms with E-state index in [0.29, 0.717) is 12.5 Å². The molecule has 22 heavy (non-hydrogen) atoms. The van der Waals surface area contributed by atoms with Crippen molar-refractivity contribution in [1.29, 1.82) is 0 Å². The number of halogens is 4. The van der Waals surface area contributed by atoms with Crippen molar-refractivity contribution in [1.82, 2.24) is 4.57 Å². The fourth-order valence-corrected chi connectivity index (χ4v) is 2.59. The van der Waals surface area contributed by atoms with Crippen LogP contribution in [0.15, 0.2) is 21.5 Å². The second kappa shape index (κ2) is 7.30. The molecule has 0 aromatic carbocycles. The Morgan fingerprint density at radius 2 is 2.00 bits per heavy atom. The highest BCUT2D eigenvalue weighted by molar-refractivity contribution is 9.10. The zero-order valence-corrected chi connectivity index (χ0v) is 14.0. The van der Waals surface area contributed by atoms with Crippen LogP contribution in [0, 0.1) is 5.92 Å². The monoisotopic (exact) mass is 383 g/mol. The van der Waals surface area contributed by atoms with Crippen molar-refractivity contribution in [3.63, 3.8) is 0 Å². The topological polar surface area (TPSA) is 48.3 Å². The molecule has 0 aliphatic rings. The summed E-state index contributed by atoms with van der Waals surface area (Å²) in [4.78, 5) is 24.1. The minimum atomic E-state index is -4.65. The number of hydrogen-bond donors (Lipinski definition) is 0. The Balaban J connectivity index is 3.41. The predicted octanol–water partition coefficient (Wildman–Crippen LogP) is 3.78. The highest BCUT2D eigenvalue weighted by atomic mass is 79.9. The van der Waals surface area contributed by atoms with E-state index in [9.17, 15) is 22.8 Å². The van der Waals surface area contributed by atoms with Crippen LogP contribution in [0.1, 0.15) is 38.8 Å². The second-order valence-corrected chi connectivity index (χ2v) is 5.72. The van der Waals surface area contributed by atoms with Crippen molar-refractivity contribution >= 4 is 21.9 Å². The van der Waals surface area contributed by atoms with Crippen LogP contribution in [0.2, 0.25) is 0 Å². The van der Waals surface area contributed by atoms with E-state index in [1.807, 2.05) is 6.92 Å². The Bertz CT molecular complexity index is 598. The molecule has 0 saturated heterocycles. The Hall–Kier alpha value is -1.31. The Kier molecular flexibility index (Phi) is 6.22. The van der Waals surface area contributed by atoms with E-state index in [1.165, 1.54) is 0 Å². The number of pyridine rings is 1. The highest BCUT2D eigenvalue weighted by Gasteiger charge is 2.35. The summed E-state index contributed by atoms with van der Waals surface area (Å²) >= 11 is 2.81. The second-order valence-electron chi connectivity index (χ2n) is 4.86. The molecule has 1 aromatic heterocycles. The van der Waals surface area contributed by atoms with Gasteiger partial charge in [0.25, 0.3) is 5.56 Å². The molecule has 0 fully saturated rings. The van der Waals surface area contributed by atoms with Gasteiger partial charge in [0, 0.05) is 16.7 Å². The number of carbonyl (C=O) groups is 1. The summed E-state index contributed by atoms with van der Waals surface area (Å²) in [6.07, 6.45) is -3.08. The van der Waals surface area contributed by atoms with Crippen LogP contribution in [-0.2, 0) is 15.7 Å². The summed E-state index contributed by atoms with van der Waals surface area (Å²) in [5.74, 6) is -0.897. The molecule has 4 nitrogen and oxygen atoms in total. The zero-order chi connectivity index (χ0) is 17.1. The molecule has 1 aromatic rings. The van der Waals surface area contributed by atoms with Gasteiger partial charge in [-0.05, 0) is 28.8 Å². The molecule has 0 amide bonds. The van der Waals surface area contributed by atoms with Crippen LogP contribution >= 0.6 is 15.9 Å². The van der Waals surface area contributed by atoms with Crippen molar-refractivity contribution in [2.75, 3.05) is 6.61 Å². The number of alkyl halides is 3. The standard InChI is InChI=1S/C14H17BrF3NO3/c1-4-8(3)12(13(21)22-5-2)19-7-10(15)9(6-11(19)20)14(16,17)18/h6-8,12H,4-5H2,1-3H3/t8-,12?/m1/s1. The summed E-state index contributed by atoms with van der Waals surface area (Å²) in [7, 11) is 0. The molecule has 0 aliphatic heterocycles. The smallest absolute Gasteiger partial charge is 0.417 e. The van der Waals surface area contributed by atoms with Crippen molar-refractivity contribution in [3.8, 4) is 0 Å². The molecule has 0 bridgehead atoms. The molecular weight excluding hydrogens is 367 g/mol. The largest absolute Gasteiger partial charge is 0.464 e. The van der Waals surface area contributed by atoms with Crippen LogP contribution in [0.5, 0.6) is 0 Å². The molecule has 124 valence electrons. The van der Waals surface area contributed by atoms with E-state index in [1.54, 1.807) is 13.8 Å². The third-order valence-corrected chi connectivity index (χ3v) is 3.98. The number of hydrogen-bond acceptors (Lipinski definition) is 3. The van der Waals surface area contributed by atoms with Crippen LogP contribution in [0.3, 0.4) is 0 Å². The van der Waals surface area contributed by atoms with Gasteiger partial charge in [-0.1, -0.05) is 20.3 Å². The number of esters is 1. The fraction of sp³-hybridized carbons (Fsp3) is 0.571. The van der Waals surface area contributed by atoms with Crippen molar-refractivity contribution < 1.29 is 22.7 Å². The lowest BCUT2D eigenvalue weighted by molar-refractivity contribution is -0.149. The lowest BCUT2D eigenvalue weighted by Crippen LogP contribution is -2.35. The maximum absolute atomic E-state index is 12.8. The fourth-order valence-electron chi connectivity index (χ4n) is 2.03. The van der Waals surface area contributed by atoms with Gasteiger partial charge in [-0.15, -0.1) is 0 Å². The van der Waals surface area contributed by atoms with E-state index >= 15 is 0 Å². The zero-order valence-electron chi connectivity index (χ0n) is 12.4. The van der Waals surface area contributed by atoms with Crippen molar-refractivity contribution in [2.45, 2.75) is 39.4 Å². The van der Waals surface area contributed by atoms with Crippen LogP contribution in [0.25, 0.3) is 0 Å². The van der Waals surface area contributed by atoms with Gasteiger partial charge in [0.15, 0.2) is 0 Å². The van der Waals surface area contributed by atoms with Crippen LogP contribution in [-0.4, -0.2) is 17.1 Å². The first-order chi connectivity index (χ1) is 10.1. The van der Waals surface area contributed by atoms with Gasteiger partial charge in [-0.3, -0.25) is 9.36 Å². The normalized spacial score (nSPS) is 14.5. The molecule has 1 unspecified atom stereocenters. The summed E-state index contributed by atoms with van der Waals surface area (Å²) in [6.45, 7) is 5.31. The first-order valence-corrected chi connectivity index (χ1v) is 7.58. The van der Waals surface area contributed by atoms with Gasteiger partial charge in [-0.2, -0.15) is 13.2 Å². The molecule has 1 heterocycles. The van der Waals surface area contributed by atoms with Gasteiger partial charge in [-0.25, -0.2) is 4.79 Å². The predicted molar refractivity (Wildman–Crippen MR) is 78.5 cm³/mol. The number of carbonyl (C=O) groups excluding carboxylic acids is 1. The molecule has 0 aliphatic carbocycles. The maximum Gasteiger partial charge on any atom is 0.417 e. The number of aromatic nitrogens is 1. The van der Waals surface area contributed by atoms with E-state index in [-0.39, 0.29) is 17.0 Å². The first kappa shape index (κ1) is 18.7. The Morgan fingerprint density at radius 1 is 1.41 bits per heavy atom. The molecule has 8 heteroatoms. The van der Waals surface area contributed by atoms with E-state index < -0.39 is 29.3 Å². The minimum absolute atomic E-state index is 0.127. The van der Waals surface area contributed by atoms with Gasteiger partial charge in [0.1, 0.15) is 6.04 Å². The third-order valence-electron chi connectivity index (χ3n) is 3.35. The molecule has 0 N–H and O–H groups in total. The van der Waals surface area contributed by atoms with Crippen LogP contribution < -0.4 is 5.56 Å². The van der Waals surface area contributed by atoms with E-state index in [2.05, 4.69) is 15.9 Å². The Morgan fingerprint density at radius 3 is 2.45 bits per heavy atom. The summed E-state index contributed by atoms with van der Waals surface area (Å²) in [5.41, 5.74) is -1.96. The average molecular weight is 384 g/mol. The van der Waals surface area contributed by atoms with Crippen molar-refractivity contribution in [2.24, 2.45) is 5.92 Å². The quantitative estimate of drug-likeness (QED) is 0.726. The molecule has 1 rings (SSSR count). The minimum Gasteiger partial charge on any atom is -0.464 e. The van der Waals surface area contributed by atoms with E-state index in [4.69, 9.17) is 4.74 Å². The number of nitrogens with zero attached hydrogens (tertiary/aromatic N) is 1. The summed E-state index contributed by atoms with van der Waals surface area (Å²) in [6, 6.07) is -0.477. The highest BCUT2D eigenvalue weighted by Crippen LogP contribution is 2.34. The average Bonchev–Trinajstić information content (AvgIpc) is 2.41. The number of rotatable bonds is 5. The lowest BCUT2D eigenvalue weighted by Gasteiger charge is -2.24. The van der Waals surface area contributed by atoms with Gasteiger partial charge < -0.3 is 4.74 Å². The summed E-state index contributed by atoms with van der Waals surface area (Å²) < 4.78 is 44.0.